The van der Waals surface area contributed by atoms with Crippen molar-refractivity contribution in [1.82, 2.24) is 9.96 Å². The summed E-state index contributed by atoms with van der Waals surface area (Å²) >= 11 is 0. The molecule has 0 atom stereocenters. The van der Waals surface area contributed by atoms with Gasteiger partial charge in [0.05, 0.1) is 12.1 Å². The molecule has 1 saturated heterocycles. The first-order chi connectivity index (χ1) is 7.07. The molecule has 0 aliphatic carbocycles. The maximum absolute atomic E-state index is 10.1. The van der Waals surface area contributed by atoms with Crippen LogP contribution in [0.5, 0.6) is 0 Å². The fourth-order valence-corrected chi connectivity index (χ4v) is 2.73. The number of hydrogen-bond acceptors (Lipinski definition) is 4. The first kappa shape index (κ1) is 13.9. The first-order valence-corrected chi connectivity index (χ1v) is 5.92. The average Bonchev–Trinajstić information content (AvgIpc) is 2.10. The number of aliphatic hydroxyl groups excluding tert-OH is 1. The van der Waals surface area contributed by atoms with Crippen molar-refractivity contribution in [2.45, 2.75) is 58.2 Å². The van der Waals surface area contributed by atoms with Crippen molar-refractivity contribution < 1.29 is 10.3 Å². The molecular weight excluding hydrogens is 204 g/mol. The van der Waals surface area contributed by atoms with Crippen LogP contribution in [0.2, 0.25) is 0 Å². The van der Waals surface area contributed by atoms with Crippen molar-refractivity contribution in [3.63, 3.8) is 0 Å². The predicted molar refractivity (Wildman–Crippen MR) is 64.5 cm³/mol. The number of aliphatic hydroxyl groups is 1. The second-order valence-corrected chi connectivity index (χ2v) is 6.36. The van der Waals surface area contributed by atoms with Crippen LogP contribution in [0.4, 0.5) is 0 Å². The Balaban J connectivity index is 3.12. The van der Waals surface area contributed by atoms with Crippen LogP contribution in [0, 0.1) is 0 Å². The maximum Gasteiger partial charge on any atom is 0.0583 e. The van der Waals surface area contributed by atoms with Gasteiger partial charge in [-0.3, -0.25) is 4.90 Å². The van der Waals surface area contributed by atoms with Crippen LogP contribution in [0.15, 0.2) is 0 Å². The van der Waals surface area contributed by atoms with Gasteiger partial charge in [0.1, 0.15) is 0 Å². The lowest BCUT2D eigenvalue weighted by atomic mass is 9.74. The van der Waals surface area contributed by atoms with Gasteiger partial charge in [0, 0.05) is 24.2 Å². The van der Waals surface area contributed by atoms with Crippen molar-refractivity contribution in [2.24, 2.45) is 0 Å². The highest BCUT2D eigenvalue weighted by atomic mass is 16.5. The zero-order valence-corrected chi connectivity index (χ0v) is 11.4. The van der Waals surface area contributed by atoms with Gasteiger partial charge in [-0.1, -0.05) is 0 Å². The van der Waals surface area contributed by atoms with Gasteiger partial charge in [0.15, 0.2) is 0 Å². The number of rotatable bonds is 2. The van der Waals surface area contributed by atoms with Crippen LogP contribution < -0.4 is 0 Å². The van der Waals surface area contributed by atoms with Gasteiger partial charge in [-0.2, -0.15) is 5.06 Å². The molecule has 0 aromatic heterocycles. The maximum atomic E-state index is 10.1. The average molecular weight is 230 g/mol. The zero-order valence-electron chi connectivity index (χ0n) is 11.4. The second-order valence-electron chi connectivity index (χ2n) is 6.36. The fourth-order valence-electron chi connectivity index (χ4n) is 2.73. The van der Waals surface area contributed by atoms with Gasteiger partial charge in [-0.05, 0) is 41.5 Å². The van der Waals surface area contributed by atoms with Crippen LogP contribution in [0.1, 0.15) is 41.5 Å². The molecule has 96 valence electrons. The molecule has 0 saturated carbocycles. The van der Waals surface area contributed by atoms with E-state index in [0.29, 0.717) is 13.1 Å². The Bertz CT molecular complexity index is 262. The van der Waals surface area contributed by atoms with E-state index in [0.717, 1.165) is 0 Å². The molecule has 0 spiro atoms. The third-order valence-electron chi connectivity index (χ3n) is 4.41. The van der Waals surface area contributed by atoms with Crippen LogP contribution >= 0.6 is 0 Å². The summed E-state index contributed by atoms with van der Waals surface area (Å²) in [5.41, 5.74) is -0.680. The Morgan fingerprint density at radius 3 is 1.94 bits per heavy atom. The van der Waals surface area contributed by atoms with Crippen molar-refractivity contribution >= 4 is 0 Å². The normalized spacial score (nSPS) is 29.2. The molecule has 1 fully saturated rings. The van der Waals surface area contributed by atoms with E-state index in [1.165, 1.54) is 5.06 Å². The molecule has 1 aliphatic rings. The van der Waals surface area contributed by atoms with Gasteiger partial charge in [-0.25, -0.2) is 0 Å². The highest BCUT2D eigenvalue weighted by molar-refractivity contribution is 5.09. The Morgan fingerprint density at radius 2 is 1.50 bits per heavy atom. The summed E-state index contributed by atoms with van der Waals surface area (Å²) < 4.78 is 0. The molecule has 4 heteroatoms. The number of hydroxylamine groups is 2. The van der Waals surface area contributed by atoms with Gasteiger partial charge in [0.25, 0.3) is 0 Å². The highest BCUT2D eigenvalue weighted by Gasteiger charge is 2.54. The molecular formula is C12H26N2O2. The van der Waals surface area contributed by atoms with Crippen LogP contribution in [-0.4, -0.2) is 56.6 Å². The first-order valence-electron chi connectivity index (χ1n) is 5.92. The van der Waals surface area contributed by atoms with E-state index in [-0.39, 0.29) is 23.2 Å². The standard InChI is InChI=1S/C12H26N2O2/c1-10(2)9-14(16)12(5,6)11(3,4)13(10)7-8-15/h15-16H,7-9H2,1-6H3. The SMILES string of the molecule is CC1(C)CN(O)C(C)(C)C(C)(C)N1CCO. The quantitative estimate of drug-likeness (QED) is 0.751. The van der Waals surface area contributed by atoms with E-state index < -0.39 is 0 Å². The third-order valence-corrected chi connectivity index (χ3v) is 4.41. The van der Waals surface area contributed by atoms with Gasteiger partial charge in [-0.15, -0.1) is 0 Å². The Kier molecular flexibility index (Phi) is 3.43. The van der Waals surface area contributed by atoms with E-state index in [2.05, 4.69) is 32.6 Å². The summed E-state index contributed by atoms with van der Waals surface area (Å²) in [4.78, 5) is 2.28. The lowest BCUT2D eigenvalue weighted by molar-refractivity contribution is -0.265. The van der Waals surface area contributed by atoms with Crippen molar-refractivity contribution in [2.75, 3.05) is 19.7 Å². The summed E-state index contributed by atoms with van der Waals surface area (Å²) in [6.45, 7) is 13.9. The fraction of sp³-hybridized carbons (Fsp3) is 1.00. The topological polar surface area (TPSA) is 46.9 Å². The molecule has 0 aromatic carbocycles. The molecule has 1 aliphatic heterocycles. The minimum absolute atomic E-state index is 0.142. The molecule has 1 rings (SSSR count). The largest absolute Gasteiger partial charge is 0.395 e. The summed E-state index contributed by atoms with van der Waals surface area (Å²) in [5, 5.41) is 20.8. The molecule has 0 bridgehead atoms. The summed E-state index contributed by atoms with van der Waals surface area (Å²) in [6, 6.07) is 0. The highest BCUT2D eigenvalue weighted by Crippen LogP contribution is 2.41. The van der Waals surface area contributed by atoms with Gasteiger partial charge >= 0.3 is 0 Å². The van der Waals surface area contributed by atoms with Crippen molar-refractivity contribution in [1.29, 1.82) is 0 Å². The lowest BCUT2D eigenvalue weighted by Gasteiger charge is -2.62. The Hall–Kier alpha value is -0.160. The molecule has 0 unspecified atom stereocenters. The van der Waals surface area contributed by atoms with E-state index >= 15 is 0 Å². The number of piperazine rings is 1. The van der Waals surface area contributed by atoms with E-state index in [1.54, 1.807) is 0 Å². The van der Waals surface area contributed by atoms with Crippen molar-refractivity contribution in [3.05, 3.63) is 0 Å². The summed E-state index contributed by atoms with van der Waals surface area (Å²) in [5.74, 6) is 0. The summed E-state index contributed by atoms with van der Waals surface area (Å²) in [7, 11) is 0. The molecule has 0 aromatic rings. The number of nitrogens with zero attached hydrogens (tertiary/aromatic N) is 2. The van der Waals surface area contributed by atoms with Crippen LogP contribution in [0.3, 0.4) is 0 Å². The van der Waals surface area contributed by atoms with Gasteiger partial charge in [0.2, 0.25) is 0 Å². The van der Waals surface area contributed by atoms with Gasteiger partial charge < -0.3 is 10.3 Å². The third kappa shape index (κ3) is 1.88. The molecule has 2 N–H and O–H groups in total. The lowest BCUT2D eigenvalue weighted by Crippen LogP contribution is -2.76. The van der Waals surface area contributed by atoms with Crippen LogP contribution in [-0.2, 0) is 0 Å². The predicted octanol–water partition coefficient (Wildman–Crippen LogP) is 1.32. The van der Waals surface area contributed by atoms with Crippen molar-refractivity contribution in [3.8, 4) is 0 Å². The second kappa shape index (κ2) is 3.95. The number of hydrogen-bond donors (Lipinski definition) is 2. The Labute approximate surface area is 98.8 Å². The minimum Gasteiger partial charge on any atom is -0.395 e. The number of β-amino-alcohol motifs (C(OH)–C–C–N with tert-alkyl or cyclic N) is 1. The van der Waals surface area contributed by atoms with E-state index in [1.807, 2.05) is 13.8 Å². The monoisotopic (exact) mass is 230 g/mol. The zero-order chi connectivity index (χ0) is 12.8. The molecule has 0 amide bonds. The smallest absolute Gasteiger partial charge is 0.0583 e. The van der Waals surface area contributed by atoms with Crippen LogP contribution in [0.25, 0.3) is 0 Å². The van der Waals surface area contributed by atoms with E-state index in [4.69, 9.17) is 0 Å². The summed E-state index contributed by atoms with van der Waals surface area (Å²) in [6.07, 6.45) is 0. The Morgan fingerprint density at radius 1 is 1.00 bits per heavy atom. The molecule has 1 heterocycles. The minimum atomic E-state index is -0.336. The molecule has 4 nitrogen and oxygen atoms in total. The molecule has 0 radical (unpaired) electrons. The van der Waals surface area contributed by atoms with E-state index in [9.17, 15) is 10.3 Å². The molecule has 16 heavy (non-hydrogen) atoms.